The number of aryl methyl sites for hydroxylation is 1. The number of nitrogens with one attached hydrogen (secondary N) is 1. The zero-order valence-electron chi connectivity index (χ0n) is 23.2. The number of rotatable bonds is 11. The van der Waals surface area contributed by atoms with Crippen LogP contribution in [-0.2, 0) is 25.5 Å². The van der Waals surface area contributed by atoms with Gasteiger partial charge in [-0.3, -0.25) is 9.59 Å². The number of esters is 1. The minimum absolute atomic E-state index is 0.179. The first kappa shape index (κ1) is 28.8. The van der Waals surface area contributed by atoms with E-state index in [0.29, 0.717) is 60.3 Å². The summed E-state index contributed by atoms with van der Waals surface area (Å²) in [6.07, 6.45) is -0.179. The largest absolute Gasteiger partial charge is 0.492 e. The highest BCUT2D eigenvalue weighted by atomic mass is 16.5. The Labute approximate surface area is 231 Å². The fourth-order valence-corrected chi connectivity index (χ4v) is 4.46. The number of morpholine rings is 1. The van der Waals surface area contributed by atoms with Crippen molar-refractivity contribution < 1.29 is 37.7 Å². The molecule has 40 heavy (non-hydrogen) atoms. The molecular formula is C29H34N2O9. The zero-order chi connectivity index (χ0) is 28.6. The molecule has 0 aliphatic carbocycles. The molecule has 3 aromatic rings. The number of benzene rings is 2. The molecule has 2 aromatic carbocycles. The molecule has 0 unspecified atom stereocenters. The lowest BCUT2D eigenvalue weighted by Gasteiger charge is -2.31. The first-order valence-electron chi connectivity index (χ1n) is 13.2. The molecule has 11 nitrogen and oxygen atoms in total. The van der Waals surface area contributed by atoms with Crippen molar-refractivity contribution in [3.8, 4) is 17.2 Å². The number of amides is 1. The molecule has 1 aliphatic rings. The van der Waals surface area contributed by atoms with Crippen LogP contribution in [0.2, 0.25) is 0 Å². The number of hydrogen-bond acceptors (Lipinski definition) is 10. The highest BCUT2D eigenvalue weighted by Crippen LogP contribution is 2.39. The Morgan fingerprint density at radius 1 is 1.00 bits per heavy atom. The Bertz CT molecular complexity index is 1430. The van der Waals surface area contributed by atoms with Crippen LogP contribution < -0.4 is 30.1 Å². The van der Waals surface area contributed by atoms with Crippen LogP contribution in [0.1, 0.15) is 25.0 Å². The standard InChI is InChI=1S/C29H34N2O9/c1-5-37-25-16-23(31-9-11-36-12-10-31)26(38-6-2)15-22(25)30-27(32)17-39-19-7-8-20-18(3)21(14-28(33)35-4)29(34)40-24(20)13-19/h7-8,13,15-16H,5-6,9-12,14,17H2,1-4H3,(H,30,32). The first-order chi connectivity index (χ1) is 19.3. The molecule has 214 valence electrons. The van der Waals surface area contributed by atoms with Crippen LogP contribution >= 0.6 is 0 Å². The molecule has 2 heterocycles. The highest BCUT2D eigenvalue weighted by molar-refractivity contribution is 5.94. The highest BCUT2D eigenvalue weighted by Gasteiger charge is 2.21. The number of nitrogens with zero attached hydrogens (tertiary/aromatic N) is 1. The van der Waals surface area contributed by atoms with Crippen molar-refractivity contribution in [1.82, 2.24) is 0 Å². The molecule has 1 amide bonds. The van der Waals surface area contributed by atoms with Crippen LogP contribution in [-0.4, -0.2) is 65.1 Å². The van der Waals surface area contributed by atoms with Gasteiger partial charge in [-0.05, 0) is 38.5 Å². The van der Waals surface area contributed by atoms with E-state index >= 15 is 0 Å². The molecule has 11 heteroatoms. The fourth-order valence-electron chi connectivity index (χ4n) is 4.46. The van der Waals surface area contributed by atoms with Crippen molar-refractivity contribution in [3.63, 3.8) is 0 Å². The summed E-state index contributed by atoms with van der Waals surface area (Å²) in [4.78, 5) is 39.2. The number of methoxy groups -OCH3 is 1. The van der Waals surface area contributed by atoms with Gasteiger partial charge in [0, 0.05) is 36.7 Å². The van der Waals surface area contributed by atoms with Crippen LogP contribution in [0.4, 0.5) is 11.4 Å². The molecule has 1 aliphatic heterocycles. The topological polar surface area (TPSA) is 126 Å². The van der Waals surface area contributed by atoms with Gasteiger partial charge >= 0.3 is 11.6 Å². The van der Waals surface area contributed by atoms with Gasteiger partial charge in [0.15, 0.2) is 6.61 Å². The average Bonchev–Trinajstić information content (AvgIpc) is 2.95. The Morgan fingerprint density at radius 2 is 1.73 bits per heavy atom. The number of carbonyl (C=O) groups excluding carboxylic acids is 2. The van der Waals surface area contributed by atoms with Gasteiger partial charge in [0.2, 0.25) is 0 Å². The maximum atomic E-state index is 12.9. The van der Waals surface area contributed by atoms with Gasteiger partial charge in [-0.2, -0.15) is 0 Å². The molecule has 0 atom stereocenters. The fraction of sp³-hybridized carbons (Fsp3) is 0.414. The van der Waals surface area contributed by atoms with Crippen molar-refractivity contribution in [2.45, 2.75) is 27.2 Å². The van der Waals surface area contributed by atoms with Crippen LogP contribution in [0.25, 0.3) is 11.0 Å². The third-order valence-corrected chi connectivity index (χ3v) is 6.46. The summed E-state index contributed by atoms with van der Waals surface area (Å²) in [6.45, 7) is 8.79. The van der Waals surface area contributed by atoms with Gasteiger partial charge in [-0.15, -0.1) is 0 Å². The van der Waals surface area contributed by atoms with Gasteiger partial charge in [-0.1, -0.05) is 0 Å². The zero-order valence-corrected chi connectivity index (χ0v) is 23.2. The quantitative estimate of drug-likeness (QED) is 0.278. The second-order valence-corrected chi connectivity index (χ2v) is 9.02. The molecule has 0 bridgehead atoms. The number of hydrogen-bond donors (Lipinski definition) is 1. The summed E-state index contributed by atoms with van der Waals surface area (Å²) < 4.78 is 33.0. The SMILES string of the molecule is CCOc1cc(N2CCOCC2)c(OCC)cc1NC(=O)COc1ccc2c(C)c(CC(=O)OC)c(=O)oc2c1. The summed E-state index contributed by atoms with van der Waals surface area (Å²) in [6, 6.07) is 8.55. The van der Waals surface area contributed by atoms with E-state index in [1.807, 2.05) is 19.9 Å². The van der Waals surface area contributed by atoms with Crippen molar-refractivity contribution in [1.29, 1.82) is 0 Å². The maximum absolute atomic E-state index is 12.9. The molecule has 1 N–H and O–H groups in total. The molecule has 1 fully saturated rings. The van der Waals surface area contributed by atoms with E-state index in [-0.39, 0.29) is 24.2 Å². The van der Waals surface area contributed by atoms with Gasteiger partial charge < -0.3 is 38.3 Å². The van der Waals surface area contributed by atoms with Crippen molar-refractivity contribution in [3.05, 3.63) is 51.9 Å². The van der Waals surface area contributed by atoms with E-state index in [1.54, 1.807) is 25.1 Å². The number of carbonyl (C=O) groups is 2. The lowest BCUT2D eigenvalue weighted by atomic mass is 10.0. The summed E-state index contributed by atoms with van der Waals surface area (Å²) >= 11 is 0. The summed E-state index contributed by atoms with van der Waals surface area (Å²) in [5, 5.41) is 3.50. The van der Waals surface area contributed by atoms with E-state index in [0.717, 1.165) is 18.8 Å². The molecule has 0 saturated carbocycles. The Balaban J connectivity index is 1.50. The second-order valence-electron chi connectivity index (χ2n) is 9.02. The predicted molar refractivity (Wildman–Crippen MR) is 149 cm³/mol. The normalized spacial score (nSPS) is 13.2. The van der Waals surface area contributed by atoms with Crippen LogP contribution in [0.15, 0.2) is 39.5 Å². The van der Waals surface area contributed by atoms with Crippen molar-refractivity contribution in [2.75, 3.05) is 63.5 Å². The maximum Gasteiger partial charge on any atom is 0.340 e. The van der Waals surface area contributed by atoms with E-state index in [9.17, 15) is 14.4 Å². The number of fused-ring (bicyclic) bond motifs is 1. The third-order valence-electron chi connectivity index (χ3n) is 6.46. The Morgan fingerprint density at radius 3 is 2.42 bits per heavy atom. The number of ether oxygens (including phenoxy) is 5. The van der Waals surface area contributed by atoms with Gasteiger partial charge in [0.25, 0.3) is 5.91 Å². The Hall–Kier alpha value is -4.25. The van der Waals surface area contributed by atoms with E-state index in [1.165, 1.54) is 13.2 Å². The summed E-state index contributed by atoms with van der Waals surface area (Å²) in [5.74, 6) is 0.557. The van der Waals surface area contributed by atoms with Gasteiger partial charge in [0.1, 0.15) is 22.8 Å². The third kappa shape index (κ3) is 6.66. The number of anilines is 2. The summed E-state index contributed by atoms with van der Waals surface area (Å²) in [5.41, 5.74) is 1.87. The molecule has 0 radical (unpaired) electrons. The predicted octanol–water partition coefficient (Wildman–Crippen LogP) is 3.47. The second kappa shape index (κ2) is 13.2. The molecule has 4 rings (SSSR count). The van der Waals surface area contributed by atoms with Crippen molar-refractivity contribution >= 4 is 34.2 Å². The van der Waals surface area contributed by atoms with E-state index in [4.69, 9.17) is 23.4 Å². The average molecular weight is 555 g/mol. The van der Waals surface area contributed by atoms with Crippen LogP contribution in [0.5, 0.6) is 17.2 Å². The van der Waals surface area contributed by atoms with Crippen LogP contribution in [0.3, 0.4) is 0 Å². The molecule has 0 spiro atoms. The smallest absolute Gasteiger partial charge is 0.340 e. The molecular weight excluding hydrogens is 520 g/mol. The molecule has 1 aromatic heterocycles. The van der Waals surface area contributed by atoms with Crippen molar-refractivity contribution in [2.24, 2.45) is 0 Å². The van der Waals surface area contributed by atoms with Crippen LogP contribution in [0, 0.1) is 6.92 Å². The summed E-state index contributed by atoms with van der Waals surface area (Å²) in [7, 11) is 1.26. The Kier molecular flexibility index (Phi) is 9.49. The molecule has 1 saturated heterocycles. The first-order valence-corrected chi connectivity index (χ1v) is 13.2. The van der Waals surface area contributed by atoms with Gasteiger partial charge in [0.05, 0.1) is 56.9 Å². The monoisotopic (exact) mass is 554 g/mol. The lowest BCUT2D eigenvalue weighted by molar-refractivity contribution is -0.139. The van der Waals surface area contributed by atoms with Gasteiger partial charge in [-0.25, -0.2) is 4.79 Å². The van der Waals surface area contributed by atoms with E-state index < -0.39 is 17.5 Å². The minimum Gasteiger partial charge on any atom is -0.492 e. The minimum atomic E-state index is -0.626. The lowest BCUT2D eigenvalue weighted by Crippen LogP contribution is -2.36. The van der Waals surface area contributed by atoms with E-state index in [2.05, 4.69) is 15.0 Å².